The van der Waals surface area contributed by atoms with Crippen molar-refractivity contribution in [2.24, 2.45) is 0 Å². The van der Waals surface area contributed by atoms with Gasteiger partial charge in [-0.05, 0) is 0 Å². The molecule has 0 aliphatic carbocycles. The van der Waals surface area contributed by atoms with Crippen LogP contribution in [0.1, 0.15) is 0 Å². The zero-order chi connectivity index (χ0) is 11.8. The average Bonchev–Trinajstić information content (AvgIpc) is 2.26. The molecular formula is C14H18OSn. The van der Waals surface area contributed by atoms with Crippen molar-refractivity contribution in [1.29, 1.82) is 0 Å². The zero-order valence-corrected chi connectivity index (χ0v) is 13.2. The van der Waals surface area contributed by atoms with Crippen LogP contribution in [0.25, 0.3) is 10.8 Å². The van der Waals surface area contributed by atoms with Crippen molar-refractivity contribution in [3.8, 4) is 5.75 Å². The Morgan fingerprint density at radius 2 is 1.56 bits per heavy atom. The van der Waals surface area contributed by atoms with Gasteiger partial charge in [0.2, 0.25) is 0 Å². The maximum atomic E-state index is 5.26. The second-order valence-corrected chi connectivity index (χ2v) is 19.7. The van der Waals surface area contributed by atoms with Crippen LogP contribution < -0.4 is 8.32 Å². The Kier molecular flexibility index (Phi) is 3.15. The summed E-state index contributed by atoms with van der Waals surface area (Å²) in [6.07, 6.45) is 0. The Morgan fingerprint density at radius 3 is 2.19 bits per heavy atom. The van der Waals surface area contributed by atoms with Crippen molar-refractivity contribution in [1.82, 2.24) is 0 Å². The summed E-state index contributed by atoms with van der Waals surface area (Å²) in [4.78, 5) is 7.32. The zero-order valence-electron chi connectivity index (χ0n) is 10.4. The van der Waals surface area contributed by atoms with Crippen LogP contribution in [0.4, 0.5) is 0 Å². The molecule has 0 saturated heterocycles. The summed E-state index contributed by atoms with van der Waals surface area (Å²) in [5.41, 5.74) is 0. The van der Waals surface area contributed by atoms with Gasteiger partial charge in [-0.3, -0.25) is 0 Å². The SMILES string of the molecule is COc1ccc2cc[c]([Sn]([CH3])([CH3])[CH3])cc2c1. The van der Waals surface area contributed by atoms with Gasteiger partial charge in [0, 0.05) is 0 Å². The van der Waals surface area contributed by atoms with Gasteiger partial charge in [-0.2, -0.15) is 0 Å². The first-order valence-electron chi connectivity index (χ1n) is 5.59. The van der Waals surface area contributed by atoms with Gasteiger partial charge < -0.3 is 0 Å². The van der Waals surface area contributed by atoms with E-state index in [4.69, 9.17) is 4.74 Å². The van der Waals surface area contributed by atoms with Gasteiger partial charge in [-0.15, -0.1) is 0 Å². The van der Waals surface area contributed by atoms with Crippen LogP contribution in [0.15, 0.2) is 36.4 Å². The van der Waals surface area contributed by atoms with Crippen molar-refractivity contribution in [3.63, 3.8) is 0 Å². The Hall–Kier alpha value is -0.701. The quantitative estimate of drug-likeness (QED) is 0.771. The van der Waals surface area contributed by atoms with Crippen LogP contribution in [-0.4, -0.2) is 25.5 Å². The molecule has 0 unspecified atom stereocenters. The van der Waals surface area contributed by atoms with E-state index in [9.17, 15) is 0 Å². The molecule has 0 aliphatic heterocycles. The minimum absolute atomic E-state index is 0.939. The van der Waals surface area contributed by atoms with Crippen LogP contribution in [0, 0.1) is 0 Å². The van der Waals surface area contributed by atoms with Crippen LogP contribution in [0.5, 0.6) is 5.75 Å². The van der Waals surface area contributed by atoms with Crippen molar-refractivity contribution < 1.29 is 4.74 Å². The van der Waals surface area contributed by atoms with E-state index in [2.05, 4.69) is 45.2 Å². The first-order chi connectivity index (χ1) is 7.50. The fraction of sp³-hybridized carbons (Fsp3) is 0.286. The summed E-state index contributed by atoms with van der Waals surface area (Å²) < 4.78 is 6.83. The fourth-order valence-electron chi connectivity index (χ4n) is 1.82. The van der Waals surface area contributed by atoms with E-state index in [1.165, 1.54) is 10.8 Å². The van der Waals surface area contributed by atoms with E-state index in [-0.39, 0.29) is 0 Å². The van der Waals surface area contributed by atoms with Crippen LogP contribution in [0.2, 0.25) is 14.8 Å². The van der Waals surface area contributed by atoms with Crippen LogP contribution >= 0.6 is 0 Å². The first-order valence-corrected chi connectivity index (χ1v) is 15.6. The van der Waals surface area contributed by atoms with Gasteiger partial charge >= 0.3 is 102 Å². The molecule has 2 aromatic rings. The van der Waals surface area contributed by atoms with Crippen molar-refractivity contribution in [2.75, 3.05) is 7.11 Å². The van der Waals surface area contributed by atoms with Crippen molar-refractivity contribution >= 4 is 32.7 Å². The molecule has 0 N–H and O–H groups in total. The Bertz CT molecular complexity index is 512. The van der Waals surface area contributed by atoms with Gasteiger partial charge in [0.05, 0.1) is 0 Å². The van der Waals surface area contributed by atoms with E-state index >= 15 is 0 Å². The molecule has 0 radical (unpaired) electrons. The molecule has 0 saturated carbocycles. The van der Waals surface area contributed by atoms with E-state index in [0.29, 0.717) is 0 Å². The van der Waals surface area contributed by atoms with Crippen molar-refractivity contribution in [2.45, 2.75) is 14.8 Å². The van der Waals surface area contributed by atoms with E-state index in [1.807, 2.05) is 6.07 Å². The Morgan fingerprint density at radius 1 is 0.875 bits per heavy atom. The third-order valence-corrected chi connectivity index (χ3v) is 8.74. The van der Waals surface area contributed by atoms with E-state index in [0.717, 1.165) is 5.75 Å². The summed E-state index contributed by atoms with van der Waals surface area (Å²) in [6, 6.07) is 13.1. The van der Waals surface area contributed by atoms with Gasteiger partial charge in [0.25, 0.3) is 0 Å². The molecule has 0 bridgehead atoms. The number of methoxy groups -OCH3 is 1. The number of hydrogen-bond donors (Lipinski definition) is 0. The minimum atomic E-state index is -1.94. The van der Waals surface area contributed by atoms with Crippen LogP contribution in [-0.2, 0) is 0 Å². The average molecular weight is 321 g/mol. The summed E-state index contributed by atoms with van der Waals surface area (Å²) in [5.74, 6) is 0.939. The van der Waals surface area contributed by atoms with Gasteiger partial charge in [0.1, 0.15) is 0 Å². The van der Waals surface area contributed by atoms with Gasteiger partial charge in [0.15, 0.2) is 0 Å². The molecule has 0 spiro atoms. The molecule has 84 valence electrons. The Labute approximate surface area is 101 Å². The van der Waals surface area contributed by atoms with Crippen molar-refractivity contribution in [3.05, 3.63) is 36.4 Å². The molecule has 0 fully saturated rings. The maximum absolute atomic E-state index is 5.26. The number of benzene rings is 2. The normalized spacial score (nSPS) is 11.8. The molecule has 0 aliphatic rings. The molecule has 0 aromatic heterocycles. The van der Waals surface area contributed by atoms with Gasteiger partial charge in [-0.1, -0.05) is 0 Å². The predicted octanol–water partition coefficient (Wildman–Crippen LogP) is 3.39. The molecule has 0 atom stereocenters. The molecule has 16 heavy (non-hydrogen) atoms. The molecule has 0 heterocycles. The second kappa shape index (κ2) is 4.28. The van der Waals surface area contributed by atoms with E-state index < -0.39 is 18.4 Å². The number of ether oxygens (including phenoxy) is 1. The molecule has 1 nitrogen and oxygen atoms in total. The topological polar surface area (TPSA) is 9.23 Å². The predicted molar refractivity (Wildman–Crippen MR) is 73.5 cm³/mol. The third-order valence-electron chi connectivity index (χ3n) is 2.91. The van der Waals surface area contributed by atoms with Gasteiger partial charge in [-0.25, -0.2) is 0 Å². The number of rotatable bonds is 2. The molecule has 2 aromatic carbocycles. The fourth-order valence-corrected chi connectivity index (χ4v) is 5.16. The second-order valence-electron chi connectivity index (χ2n) is 5.18. The first kappa shape index (κ1) is 11.8. The third kappa shape index (κ3) is 2.34. The molecular weight excluding hydrogens is 303 g/mol. The summed E-state index contributed by atoms with van der Waals surface area (Å²) in [7, 11) is 1.72. The monoisotopic (exact) mass is 322 g/mol. The van der Waals surface area contributed by atoms with Crippen LogP contribution in [0.3, 0.4) is 0 Å². The summed E-state index contributed by atoms with van der Waals surface area (Å²) in [6.45, 7) is 0. The summed E-state index contributed by atoms with van der Waals surface area (Å²) in [5, 5.41) is 2.59. The number of hydrogen-bond acceptors (Lipinski definition) is 1. The molecule has 2 heteroatoms. The molecule has 2 rings (SSSR count). The Balaban J connectivity index is 2.59. The summed E-state index contributed by atoms with van der Waals surface area (Å²) >= 11 is -1.94. The molecule has 0 amide bonds. The standard InChI is InChI=1S/C11H9O.3CH3.Sn/c1-12-11-7-6-9-4-2-3-5-10(9)8-11;;;;/h2,4-8H,1H3;3*1H3;. The number of fused-ring (bicyclic) bond motifs is 1. The van der Waals surface area contributed by atoms with E-state index in [1.54, 1.807) is 10.7 Å².